The van der Waals surface area contributed by atoms with Crippen LogP contribution in [0, 0.1) is 17.5 Å². The molecule has 0 spiro atoms. The van der Waals surface area contributed by atoms with Crippen molar-refractivity contribution < 1.29 is 13.2 Å². The van der Waals surface area contributed by atoms with Crippen molar-refractivity contribution in [3.8, 4) is 0 Å². The molecule has 1 N–H and O–H groups in total. The van der Waals surface area contributed by atoms with Crippen molar-refractivity contribution in [2.24, 2.45) is 0 Å². The average Bonchev–Trinajstić information content (AvgIpc) is 2.94. The number of nitrogens with one attached hydrogen (secondary N) is 1. The molecule has 1 fully saturated rings. The van der Waals surface area contributed by atoms with Crippen molar-refractivity contribution in [2.45, 2.75) is 18.4 Å². The summed E-state index contributed by atoms with van der Waals surface area (Å²) in [6.45, 7) is 0.769. The summed E-state index contributed by atoms with van der Waals surface area (Å²) in [5.41, 5.74) is 1.57. The van der Waals surface area contributed by atoms with E-state index in [0.29, 0.717) is 5.56 Å². The van der Waals surface area contributed by atoms with Gasteiger partial charge < -0.3 is 5.32 Å². The lowest BCUT2D eigenvalue weighted by atomic mass is 9.88. The van der Waals surface area contributed by atoms with Crippen LogP contribution in [0.25, 0.3) is 0 Å². The second-order valence-electron chi connectivity index (χ2n) is 5.04. The molecule has 0 amide bonds. The number of benzene rings is 2. The summed E-state index contributed by atoms with van der Waals surface area (Å²) in [6, 6.07) is 11.8. The number of hydrogen-bond acceptors (Lipinski definition) is 1. The van der Waals surface area contributed by atoms with E-state index in [1.807, 2.05) is 30.3 Å². The third-order valence-corrected chi connectivity index (χ3v) is 3.81. The van der Waals surface area contributed by atoms with Gasteiger partial charge in [0, 0.05) is 12.0 Å². The van der Waals surface area contributed by atoms with E-state index in [1.54, 1.807) is 0 Å². The van der Waals surface area contributed by atoms with Crippen molar-refractivity contribution in [1.82, 2.24) is 5.32 Å². The van der Waals surface area contributed by atoms with E-state index in [-0.39, 0.29) is 12.0 Å². The predicted molar refractivity (Wildman–Crippen MR) is 70.9 cm³/mol. The Morgan fingerprint density at radius 3 is 2.20 bits per heavy atom. The van der Waals surface area contributed by atoms with Gasteiger partial charge >= 0.3 is 0 Å². The molecule has 1 aliphatic heterocycles. The molecule has 104 valence electrons. The Balaban J connectivity index is 1.97. The van der Waals surface area contributed by atoms with Gasteiger partial charge in [-0.05, 0) is 36.2 Å². The molecular formula is C16H14F3N. The lowest BCUT2D eigenvalue weighted by molar-refractivity contribution is 0.440. The standard InChI is InChI=1S/C16H14F3N/c17-13-8-11(9-14(18)15(13)19)16-12(6-7-20-16)10-4-2-1-3-5-10/h1-5,8-9,12,16,20H,6-7H2. The molecule has 0 aromatic heterocycles. The average molecular weight is 277 g/mol. The number of halogens is 3. The molecule has 3 rings (SSSR count). The maximum Gasteiger partial charge on any atom is 0.194 e. The Morgan fingerprint density at radius 1 is 0.900 bits per heavy atom. The quantitative estimate of drug-likeness (QED) is 0.820. The van der Waals surface area contributed by atoms with Crippen LogP contribution in [0.1, 0.15) is 29.5 Å². The minimum atomic E-state index is -1.41. The molecule has 4 heteroatoms. The molecule has 20 heavy (non-hydrogen) atoms. The van der Waals surface area contributed by atoms with E-state index in [1.165, 1.54) is 0 Å². The van der Waals surface area contributed by atoms with Gasteiger partial charge in [0.25, 0.3) is 0 Å². The molecule has 1 heterocycles. The zero-order valence-corrected chi connectivity index (χ0v) is 10.7. The molecule has 2 atom stereocenters. The first-order chi connectivity index (χ1) is 9.66. The topological polar surface area (TPSA) is 12.0 Å². The fourth-order valence-electron chi connectivity index (χ4n) is 2.87. The SMILES string of the molecule is Fc1cc(C2NCCC2c2ccccc2)cc(F)c1F. The summed E-state index contributed by atoms with van der Waals surface area (Å²) in [7, 11) is 0. The largest absolute Gasteiger partial charge is 0.309 e. The van der Waals surface area contributed by atoms with Gasteiger partial charge in [0.05, 0.1) is 0 Å². The van der Waals surface area contributed by atoms with E-state index in [2.05, 4.69) is 5.32 Å². The second kappa shape index (κ2) is 5.29. The third-order valence-electron chi connectivity index (χ3n) is 3.81. The van der Waals surface area contributed by atoms with Gasteiger partial charge in [0.2, 0.25) is 0 Å². The molecule has 2 unspecified atom stereocenters. The molecule has 0 radical (unpaired) electrons. The van der Waals surface area contributed by atoms with Crippen LogP contribution < -0.4 is 5.32 Å². The Bertz CT molecular complexity index is 589. The van der Waals surface area contributed by atoms with Gasteiger partial charge in [0.1, 0.15) is 0 Å². The lowest BCUT2D eigenvalue weighted by Crippen LogP contribution is -2.18. The van der Waals surface area contributed by atoms with Gasteiger partial charge in [-0.2, -0.15) is 0 Å². The van der Waals surface area contributed by atoms with Crippen LogP contribution in [0.15, 0.2) is 42.5 Å². The van der Waals surface area contributed by atoms with Gasteiger partial charge in [0.15, 0.2) is 17.5 Å². The minimum absolute atomic E-state index is 0.139. The molecule has 1 aliphatic rings. The highest BCUT2D eigenvalue weighted by Crippen LogP contribution is 2.38. The van der Waals surface area contributed by atoms with Crippen LogP contribution in [-0.4, -0.2) is 6.54 Å². The summed E-state index contributed by atoms with van der Waals surface area (Å²) in [5, 5.41) is 3.24. The van der Waals surface area contributed by atoms with Crippen molar-refractivity contribution in [2.75, 3.05) is 6.54 Å². The van der Waals surface area contributed by atoms with Gasteiger partial charge in [-0.15, -0.1) is 0 Å². The lowest BCUT2D eigenvalue weighted by Gasteiger charge is -2.20. The maximum absolute atomic E-state index is 13.4. The molecule has 0 bridgehead atoms. The first kappa shape index (κ1) is 13.2. The van der Waals surface area contributed by atoms with Crippen LogP contribution >= 0.6 is 0 Å². The van der Waals surface area contributed by atoms with E-state index in [4.69, 9.17) is 0 Å². The summed E-state index contributed by atoms with van der Waals surface area (Å²) in [5.74, 6) is -3.55. The smallest absolute Gasteiger partial charge is 0.194 e. The Hall–Kier alpha value is -1.81. The van der Waals surface area contributed by atoms with Crippen molar-refractivity contribution in [3.05, 3.63) is 71.0 Å². The Kier molecular flexibility index (Phi) is 3.49. The Morgan fingerprint density at radius 2 is 1.55 bits per heavy atom. The van der Waals surface area contributed by atoms with E-state index >= 15 is 0 Å². The molecular weight excluding hydrogens is 263 g/mol. The van der Waals surface area contributed by atoms with E-state index in [9.17, 15) is 13.2 Å². The highest BCUT2D eigenvalue weighted by molar-refractivity contribution is 5.31. The van der Waals surface area contributed by atoms with Crippen LogP contribution in [-0.2, 0) is 0 Å². The summed E-state index contributed by atoms with van der Waals surface area (Å²) in [6.07, 6.45) is 0.884. The van der Waals surface area contributed by atoms with Gasteiger partial charge in [-0.1, -0.05) is 30.3 Å². The first-order valence-corrected chi connectivity index (χ1v) is 6.59. The maximum atomic E-state index is 13.4. The van der Waals surface area contributed by atoms with Crippen LogP contribution in [0.2, 0.25) is 0 Å². The number of hydrogen-bond donors (Lipinski definition) is 1. The highest BCUT2D eigenvalue weighted by Gasteiger charge is 2.30. The Labute approximate surface area is 115 Å². The van der Waals surface area contributed by atoms with Crippen molar-refractivity contribution >= 4 is 0 Å². The predicted octanol–water partition coefficient (Wildman–Crippen LogP) is 3.92. The third kappa shape index (κ3) is 2.31. The van der Waals surface area contributed by atoms with Crippen molar-refractivity contribution in [1.29, 1.82) is 0 Å². The summed E-state index contributed by atoms with van der Waals surface area (Å²) in [4.78, 5) is 0. The fourth-order valence-corrected chi connectivity index (χ4v) is 2.87. The molecule has 0 saturated carbocycles. The zero-order valence-electron chi connectivity index (χ0n) is 10.7. The van der Waals surface area contributed by atoms with E-state index < -0.39 is 17.5 Å². The van der Waals surface area contributed by atoms with Crippen LogP contribution in [0.5, 0.6) is 0 Å². The van der Waals surface area contributed by atoms with Crippen molar-refractivity contribution in [3.63, 3.8) is 0 Å². The summed E-state index contributed by atoms with van der Waals surface area (Å²) >= 11 is 0. The molecule has 1 saturated heterocycles. The first-order valence-electron chi connectivity index (χ1n) is 6.59. The van der Waals surface area contributed by atoms with Gasteiger partial charge in [-0.25, -0.2) is 13.2 Å². The molecule has 2 aromatic carbocycles. The molecule has 0 aliphatic carbocycles. The van der Waals surface area contributed by atoms with Crippen LogP contribution in [0.4, 0.5) is 13.2 Å². The fraction of sp³-hybridized carbons (Fsp3) is 0.250. The number of rotatable bonds is 2. The zero-order chi connectivity index (χ0) is 14.1. The van der Waals surface area contributed by atoms with E-state index in [0.717, 1.165) is 30.7 Å². The molecule has 2 aromatic rings. The minimum Gasteiger partial charge on any atom is -0.309 e. The molecule has 1 nitrogen and oxygen atoms in total. The van der Waals surface area contributed by atoms with Crippen LogP contribution in [0.3, 0.4) is 0 Å². The second-order valence-corrected chi connectivity index (χ2v) is 5.04. The normalized spacial score (nSPS) is 22.1. The monoisotopic (exact) mass is 277 g/mol. The highest BCUT2D eigenvalue weighted by atomic mass is 19.2. The summed E-state index contributed by atoms with van der Waals surface area (Å²) < 4.78 is 39.8. The van der Waals surface area contributed by atoms with Gasteiger partial charge in [-0.3, -0.25) is 0 Å².